The lowest BCUT2D eigenvalue weighted by Crippen LogP contribution is -2.42. The summed E-state index contributed by atoms with van der Waals surface area (Å²) in [5.74, 6) is -0.565. The summed E-state index contributed by atoms with van der Waals surface area (Å²) in [6.07, 6.45) is 0. The van der Waals surface area contributed by atoms with Gasteiger partial charge >= 0.3 is 0 Å². The molecule has 0 spiro atoms. The fraction of sp³-hybridized carbons (Fsp3) is 0.0833. The van der Waals surface area contributed by atoms with E-state index in [9.17, 15) is 9.59 Å². The highest BCUT2D eigenvalue weighted by Gasteiger charge is 2.32. The lowest BCUT2D eigenvalue weighted by molar-refractivity contribution is 0.0617. The first-order chi connectivity index (χ1) is 14.1. The van der Waals surface area contributed by atoms with Crippen LogP contribution in [0.5, 0.6) is 0 Å². The third kappa shape index (κ3) is 2.84. The molecule has 0 bridgehead atoms. The molecule has 29 heavy (non-hydrogen) atoms. The SMILES string of the molecule is O=C1c2cccc3c(Cl)ccc(c23)C(=O)N1CCNc1cccc2ccccc12. The molecular weight excluding hydrogens is 384 g/mol. The minimum absolute atomic E-state index is 0.277. The monoisotopic (exact) mass is 400 g/mol. The highest BCUT2D eigenvalue weighted by molar-refractivity contribution is 6.38. The lowest BCUT2D eigenvalue weighted by Gasteiger charge is -2.27. The molecule has 1 aliphatic heterocycles. The van der Waals surface area contributed by atoms with Gasteiger partial charge in [0.2, 0.25) is 0 Å². The first-order valence-corrected chi connectivity index (χ1v) is 9.82. The summed E-state index contributed by atoms with van der Waals surface area (Å²) in [5.41, 5.74) is 2.02. The Hall–Kier alpha value is -3.37. The van der Waals surface area contributed by atoms with Crippen LogP contribution in [0, 0.1) is 0 Å². The molecule has 0 saturated carbocycles. The van der Waals surface area contributed by atoms with Gasteiger partial charge in [-0.15, -0.1) is 0 Å². The number of amides is 2. The van der Waals surface area contributed by atoms with Crippen LogP contribution >= 0.6 is 11.6 Å². The zero-order valence-corrected chi connectivity index (χ0v) is 16.2. The largest absolute Gasteiger partial charge is 0.383 e. The minimum Gasteiger partial charge on any atom is -0.383 e. The summed E-state index contributed by atoms with van der Waals surface area (Å²) < 4.78 is 0. The van der Waals surface area contributed by atoms with Gasteiger partial charge in [0.25, 0.3) is 11.8 Å². The second-order valence-corrected chi connectivity index (χ2v) is 7.45. The lowest BCUT2D eigenvalue weighted by atomic mass is 9.94. The van der Waals surface area contributed by atoms with Gasteiger partial charge in [-0.1, -0.05) is 60.1 Å². The fourth-order valence-electron chi connectivity index (χ4n) is 4.00. The van der Waals surface area contributed by atoms with Crippen LogP contribution in [0.2, 0.25) is 5.02 Å². The number of hydrogen-bond donors (Lipinski definition) is 1. The van der Waals surface area contributed by atoms with Gasteiger partial charge < -0.3 is 5.32 Å². The average Bonchev–Trinajstić information content (AvgIpc) is 2.75. The Labute approximate surface area is 172 Å². The van der Waals surface area contributed by atoms with Crippen LogP contribution in [0.3, 0.4) is 0 Å². The molecule has 0 aromatic heterocycles. The third-order valence-electron chi connectivity index (χ3n) is 5.38. The van der Waals surface area contributed by atoms with Gasteiger partial charge in [0.15, 0.2) is 0 Å². The normalized spacial score (nSPS) is 13.3. The topological polar surface area (TPSA) is 49.4 Å². The summed E-state index contributed by atoms with van der Waals surface area (Å²) >= 11 is 6.27. The number of benzene rings is 4. The van der Waals surface area contributed by atoms with E-state index in [1.807, 2.05) is 30.3 Å². The number of fused-ring (bicyclic) bond motifs is 1. The van der Waals surface area contributed by atoms with Gasteiger partial charge in [0.1, 0.15) is 0 Å². The van der Waals surface area contributed by atoms with Gasteiger partial charge in [-0.25, -0.2) is 0 Å². The first-order valence-electron chi connectivity index (χ1n) is 9.44. The Balaban J connectivity index is 1.42. The number of carbonyl (C=O) groups excluding carboxylic acids is 2. The predicted octanol–water partition coefficient (Wildman–Crippen LogP) is 5.35. The van der Waals surface area contributed by atoms with Crippen molar-refractivity contribution >= 4 is 50.6 Å². The van der Waals surface area contributed by atoms with E-state index in [0.29, 0.717) is 28.1 Å². The zero-order chi connectivity index (χ0) is 20.0. The molecule has 1 N–H and O–H groups in total. The van der Waals surface area contributed by atoms with Crippen molar-refractivity contribution < 1.29 is 9.59 Å². The van der Waals surface area contributed by atoms with Gasteiger partial charge in [-0.05, 0) is 29.7 Å². The predicted molar refractivity (Wildman–Crippen MR) is 117 cm³/mol. The molecule has 0 fully saturated rings. The van der Waals surface area contributed by atoms with Crippen molar-refractivity contribution in [1.29, 1.82) is 0 Å². The van der Waals surface area contributed by atoms with E-state index < -0.39 is 0 Å². The number of halogens is 1. The van der Waals surface area contributed by atoms with E-state index in [4.69, 9.17) is 11.6 Å². The Morgan fingerprint density at radius 2 is 1.45 bits per heavy atom. The Bertz CT molecular complexity index is 1270. The number of hydrogen-bond acceptors (Lipinski definition) is 3. The smallest absolute Gasteiger partial charge is 0.261 e. The molecule has 0 saturated heterocycles. The first kappa shape index (κ1) is 17.7. The molecule has 0 aliphatic carbocycles. The van der Waals surface area contributed by atoms with Crippen LogP contribution in [0.15, 0.2) is 72.8 Å². The average molecular weight is 401 g/mol. The number of nitrogens with zero attached hydrogens (tertiary/aromatic N) is 1. The van der Waals surface area contributed by atoms with Crippen molar-refractivity contribution in [2.75, 3.05) is 18.4 Å². The molecule has 0 radical (unpaired) electrons. The molecule has 4 nitrogen and oxygen atoms in total. The van der Waals surface area contributed by atoms with Gasteiger partial charge in [-0.2, -0.15) is 0 Å². The van der Waals surface area contributed by atoms with Crippen LogP contribution in [0.4, 0.5) is 5.69 Å². The number of imide groups is 1. The molecule has 4 aromatic carbocycles. The van der Waals surface area contributed by atoms with Crippen molar-refractivity contribution in [3.05, 3.63) is 88.9 Å². The zero-order valence-electron chi connectivity index (χ0n) is 15.5. The number of rotatable bonds is 4. The Morgan fingerprint density at radius 3 is 2.31 bits per heavy atom. The van der Waals surface area contributed by atoms with Gasteiger partial charge in [-0.3, -0.25) is 14.5 Å². The summed E-state index contributed by atoms with van der Waals surface area (Å²) in [4.78, 5) is 27.3. The fourth-order valence-corrected chi connectivity index (χ4v) is 4.22. The maximum Gasteiger partial charge on any atom is 0.261 e. The standard InChI is InChI=1S/C24H17ClN2O2/c25-20-12-11-19-22-17(20)8-4-9-18(22)23(28)27(24(19)29)14-13-26-21-10-3-6-15-5-1-2-7-16(15)21/h1-12,26H,13-14H2. The molecule has 142 valence electrons. The second kappa shape index (κ2) is 6.90. The summed E-state index contributed by atoms with van der Waals surface area (Å²) in [6.45, 7) is 0.740. The van der Waals surface area contributed by atoms with Crippen LogP contribution in [0.25, 0.3) is 21.5 Å². The van der Waals surface area contributed by atoms with E-state index in [1.54, 1.807) is 24.3 Å². The molecule has 1 heterocycles. The second-order valence-electron chi connectivity index (χ2n) is 7.04. The molecule has 0 atom stereocenters. The van der Waals surface area contributed by atoms with E-state index in [-0.39, 0.29) is 18.4 Å². The molecular formula is C24H17ClN2O2. The summed E-state index contributed by atoms with van der Waals surface area (Å²) in [7, 11) is 0. The molecule has 5 rings (SSSR count). The number of anilines is 1. The Kier molecular flexibility index (Phi) is 4.22. The molecule has 1 aliphatic rings. The number of carbonyl (C=O) groups is 2. The van der Waals surface area contributed by atoms with E-state index in [1.165, 1.54) is 4.90 Å². The summed E-state index contributed by atoms with van der Waals surface area (Å²) in [6, 6.07) is 22.9. The van der Waals surface area contributed by atoms with Crippen LogP contribution in [0.1, 0.15) is 20.7 Å². The van der Waals surface area contributed by atoms with Crippen LogP contribution < -0.4 is 5.32 Å². The van der Waals surface area contributed by atoms with E-state index in [0.717, 1.165) is 21.8 Å². The summed E-state index contributed by atoms with van der Waals surface area (Å²) in [5, 5.41) is 7.53. The maximum absolute atomic E-state index is 13.0. The van der Waals surface area contributed by atoms with E-state index >= 15 is 0 Å². The molecule has 4 aromatic rings. The third-order valence-corrected chi connectivity index (χ3v) is 5.71. The number of nitrogens with one attached hydrogen (secondary N) is 1. The quantitative estimate of drug-likeness (QED) is 0.469. The maximum atomic E-state index is 13.0. The van der Waals surface area contributed by atoms with Crippen LogP contribution in [-0.4, -0.2) is 29.8 Å². The van der Waals surface area contributed by atoms with Crippen molar-refractivity contribution in [3.63, 3.8) is 0 Å². The molecule has 5 heteroatoms. The Morgan fingerprint density at radius 1 is 0.759 bits per heavy atom. The van der Waals surface area contributed by atoms with Gasteiger partial charge in [0, 0.05) is 51.1 Å². The van der Waals surface area contributed by atoms with Gasteiger partial charge in [0.05, 0.1) is 0 Å². The molecule has 2 amide bonds. The molecule has 0 unspecified atom stereocenters. The highest BCUT2D eigenvalue weighted by atomic mass is 35.5. The van der Waals surface area contributed by atoms with Crippen molar-refractivity contribution in [2.45, 2.75) is 0 Å². The van der Waals surface area contributed by atoms with Crippen molar-refractivity contribution in [2.24, 2.45) is 0 Å². The van der Waals surface area contributed by atoms with E-state index in [2.05, 4.69) is 23.5 Å². The van der Waals surface area contributed by atoms with Crippen molar-refractivity contribution in [1.82, 2.24) is 4.90 Å². The van der Waals surface area contributed by atoms with Crippen molar-refractivity contribution in [3.8, 4) is 0 Å². The minimum atomic E-state index is -0.282. The van der Waals surface area contributed by atoms with Crippen LogP contribution in [-0.2, 0) is 0 Å². The highest BCUT2D eigenvalue weighted by Crippen LogP contribution is 2.34.